The van der Waals surface area contributed by atoms with E-state index in [2.05, 4.69) is 48.9 Å². The van der Waals surface area contributed by atoms with Crippen molar-refractivity contribution in [1.29, 1.82) is 0 Å². The molecule has 1 heterocycles. The van der Waals surface area contributed by atoms with Crippen LogP contribution < -0.4 is 4.90 Å². The van der Waals surface area contributed by atoms with Gasteiger partial charge in [-0.15, -0.1) is 0 Å². The first-order valence-corrected chi connectivity index (χ1v) is 5.53. The molecule has 0 unspecified atom stereocenters. The summed E-state index contributed by atoms with van der Waals surface area (Å²) in [6.07, 6.45) is 0. The lowest BCUT2D eigenvalue weighted by molar-refractivity contribution is 0.312. The van der Waals surface area contributed by atoms with Crippen molar-refractivity contribution in [3.63, 3.8) is 0 Å². The molecule has 1 aromatic rings. The number of hydrogen-bond acceptors (Lipinski definition) is 2. The predicted molar refractivity (Wildman–Crippen MR) is 65.3 cm³/mol. The fourth-order valence-corrected chi connectivity index (χ4v) is 2.06. The molecule has 0 aliphatic carbocycles. The standard InChI is InChI=1S/C13H19N2/c1-11-5-4-6-13(12(11)2)15-9-7-14(3)8-10-15/h4-6H,1,7-10H2,2-3H3. The molecule has 0 saturated carbocycles. The summed E-state index contributed by atoms with van der Waals surface area (Å²) in [5.41, 5.74) is 3.82. The Morgan fingerprint density at radius 3 is 2.47 bits per heavy atom. The van der Waals surface area contributed by atoms with Crippen LogP contribution in [-0.4, -0.2) is 38.1 Å². The van der Waals surface area contributed by atoms with Crippen LogP contribution in [0.1, 0.15) is 11.1 Å². The Balaban J connectivity index is 2.19. The van der Waals surface area contributed by atoms with Crippen LogP contribution in [-0.2, 0) is 0 Å². The lowest BCUT2D eigenvalue weighted by atomic mass is 10.1. The van der Waals surface area contributed by atoms with Crippen molar-refractivity contribution in [1.82, 2.24) is 4.90 Å². The Bertz CT molecular complexity index is 338. The van der Waals surface area contributed by atoms with Crippen molar-refractivity contribution in [2.45, 2.75) is 6.92 Å². The van der Waals surface area contributed by atoms with Gasteiger partial charge in [0, 0.05) is 31.9 Å². The zero-order chi connectivity index (χ0) is 10.8. The number of anilines is 1. The van der Waals surface area contributed by atoms with Crippen LogP contribution in [0.4, 0.5) is 5.69 Å². The first-order valence-electron chi connectivity index (χ1n) is 5.53. The third-order valence-corrected chi connectivity index (χ3v) is 3.26. The molecule has 1 aliphatic rings. The Morgan fingerprint density at radius 1 is 1.13 bits per heavy atom. The van der Waals surface area contributed by atoms with Gasteiger partial charge in [-0.3, -0.25) is 0 Å². The normalized spacial score (nSPS) is 18.2. The van der Waals surface area contributed by atoms with E-state index < -0.39 is 0 Å². The molecular formula is C13H19N2. The smallest absolute Gasteiger partial charge is 0.0399 e. The lowest BCUT2D eigenvalue weighted by Gasteiger charge is -2.35. The average molecular weight is 203 g/mol. The molecule has 1 aliphatic heterocycles. The summed E-state index contributed by atoms with van der Waals surface area (Å²) in [5.74, 6) is 0. The molecule has 0 aromatic heterocycles. The highest BCUT2D eigenvalue weighted by Gasteiger charge is 2.15. The first kappa shape index (κ1) is 10.5. The Kier molecular flexibility index (Phi) is 2.96. The predicted octanol–water partition coefficient (Wildman–Crippen LogP) is 1.93. The summed E-state index contributed by atoms with van der Waals surface area (Å²) in [4.78, 5) is 4.84. The Hall–Kier alpha value is -1.02. The van der Waals surface area contributed by atoms with E-state index in [1.54, 1.807) is 0 Å². The number of likely N-dealkylation sites (N-methyl/N-ethyl adjacent to an activating group) is 1. The third kappa shape index (κ3) is 2.15. The first-order chi connectivity index (χ1) is 7.18. The highest BCUT2D eigenvalue weighted by molar-refractivity contribution is 5.57. The van der Waals surface area contributed by atoms with Gasteiger partial charge in [-0.05, 0) is 38.1 Å². The molecule has 1 radical (unpaired) electrons. The number of nitrogens with zero attached hydrogens (tertiary/aromatic N) is 2. The van der Waals surface area contributed by atoms with E-state index in [-0.39, 0.29) is 0 Å². The largest absolute Gasteiger partial charge is 0.369 e. The van der Waals surface area contributed by atoms with Gasteiger partial charge in [0.05, 0.1) is 0 Å². The van der Waals surface area contributed by atoms with E-state index in [4.69, 9.17) is 0 Å². The molecule has 1 aromatic carbocycles. The fraction of sp³-hybridized carbons (Fsp3) is 0.462. The maximum atomic E-state index is 4.05. The number of benzene rings is 1. The van der Waals surface area contributed by atoms with Gasteiger partial charge < -0.3 is 9.80 Å². The molecule has 81 valence electrons. The van der Waals surface area contributed by atoms with Crippen molar-refractivity contribution in [2.24, 2.45) is 0 Å². The van der Waals surface area contributed by atoms with Crippen LogP contribution in [0.15, 0.2) is 18.2 Å². The second kappa shape index (κ2) is 4.23. The molecule has 0 atom stereocenters. The fourth-order valence-electron chi connectivity index (χ4n) is 2.06. The Labute approximate surface area is 92.5 Å². The van der Waals surface area contributed by atoms with Gasteiger partial charge in [0.1, 0.15) is 0 Å². The molecule has 0 spiro atoms. The quantitative estimate of drug-likeness (QED) is 0.688. The van der Waals surface area contributed by atoms with Gasteiger partial charge in [-0.1, -0.05) is 12.1 Å². The molecule has 1 saturated heterocycles. The molecule has 2 heteroatoms. The maximum Gasteiger partial charge on any atom is 0.0399 e. The van der Waals surface area contributed by atoms with Crippen molar-refractivity contribution in [3.8, 4) is 0 Å². The highest BCUT2D eigenvalue weighted by atomic mass is 15.2. The van der Waals surface area contributed by atoms with Crippen LogP contribution in [0.2, 0.25) is 0 Å². The third-order valence-electron chi connectivity index (χ3n) is 3.26. The zero-order valence-corrected chi connectivity index (χ0v) is 9.66. The maximum absolute atomic E-state index is 4.05. The molecule has 1 fully saturated rings. The van der Waals surface area contributed by atoms with Gasteiger partial charge in [0.15, 0.2) is 0 Å². The average Bonchev–Trinajstić information content (AvgIpc) is 2.24. The van der Waals surface area contributed by atoms with Crippen molar-refractivity contribution in [2.75, 3.05) is 38.1 Å². The van der Waals surface area contributed by atoms with Crippen LogP contribution in [0.25, 0.3) is 0 Å². The summed E-state index contributed by atoms with van der Waals surface area (Å²) in [6, 6.07) is 6.38. The second-order valence-electron chi connectivity index (χ2n) is 4.35. The summed E-state index contributed by atoms with van der Waals surface area (Å²) in [7, 11) is 2.18. The van der Waals surface area contributed by atoms with E-state index in [1.807, 2.05) is 0 Å². The van der Waals surface area contributed by atoms with Gasteiger partial charge in [-0.2, -0.15) is 0 Å². The monoisotopic (exact) mass is 203 g/mol. The van der Waals surface area contributed by atoms with Crippen molar-refractivity contribution in [3.05, 3.63) is 36.2 Å². The minimum Gasteiger partial charge on any atom is -0.369 e. The zero-order valence-electron chi connectivity index (χ0n) is 9.66. The number of rotatable bonds is 1. The molecular weight excluding hydrogens is 184 g/mol. The van der Waals surface area contributed by atoms with E-state index in [0.29, 0.717) is 0 Å². The summed E-state index contributed by atoms with van der Waals surface area (Å²) < 4.78 is 0. The lowest BCUT2D eigenvalue weighted by Crippen LogP contribution is -2.44. The van der Waals surface area contributed by atoms with Crippen molar-refractivity contribution >= 4 is 5.69 Å². The molecule has 0 bridgehead atoms. The van der Waals surface area contributed by atoms with Crippen LogP contribution in [0.3, 0.4) is 0 Å². The highest BCUT2D eigenvalue weighted by Crippen LogP contribution is 2.23. The number of hydrogen-bond donors (Lipinski definition) is 0. The summed E-state index contributed by atoms with van der Waals surface area (Å²) in [6.45, 7) is 10.8. The van der Waals surface area contributed by atoms with E-state index >= 15 is 0 Å². The molecule has 0 amide bonds. The van der Waals surface area contributed by atoms with E-state index in [1.165, 1.54) is 11.3 Å². The second-order valence-corrected chi connectivity index (χ2v) is 4.35. The van der Waals surface area contributed by atoms with E-state index in [0.717, 1.165) is 31.7 Å². The summed E-state index contributed by atoms with van der Waals surface area (Å²) in [5, 5.41) is 0. The molecule has 2 nitrogen and oxygen atoms in total. The van der Waals surface area contributed by atoms with Gasteiger partial charge in [-0.25, -0.2) is 0 Å². The van der Waals surface area contributed by atoms with Crippen LogP contribution in [0, 0.1) is 13.8 Å². The van der Waals surface area contributed by atoms with Gasteiger partial charge in [0.25, 0.3) is 0 Å². The Morgan fingerprint density at radius 2 is 1.80 bits per heavy atom. The van der Waals surface area contributed by atoms with Crippen LogP contribution >= 0.6 is 0 Å². The van der Waals surface area contributed by atoms with Crippen LogP contribution in [0.5, 0.6) is 0 Å². The SMILES string of the molecule is [CH2]c1cccc(N2CCN(C)CC2)c1C. The minimum atomic E-state index is 1.13. The minimum absolute atomic E-state index is 1.13. The number of piperazine rings is 1. The van der Waals surface area contributed by atoms with E-state index in [9.17, 15) is 0 Å². The van der Waals surface area contributed by atoms with Gasteiger partial charge in [0.2, 0.25) is 0 Å². The molecule has 15 heavy (non-hydrogen) atoms. The summed E-state index contributed by atoms with van der Waals surface area (Å²) >= 11 is 0. The topological polar surface area (TPSA) is 6.48 Å². The van der Waals surface area contributed by atoms with Gasteiger partial charge >= 0.3 is 0 Å². The molecule has 2 rings (SSSR count). The van der Waals surface area contributed by atoms with Crippen molar-refractivity contribution < 1.29 is 0 Å². The molecule has 0 N–H and O–H groups in total.